The van der Waals surface area contributed by atoms with Crippen LogP contribution in [0.3, 0.4) is 0 Å². The molecular weight excluding hydrogens is 600 g/mol. The molecule has 45 heavy (non-hydrogen) atoms. The second-order valence-electron chi connectivity index (χ2n) is 12.1. The summed E-state index contributed by atoms with van der Waals surface area (Å²) in [5.41, 5.74) is 2.41. The summed E-state index contributed by atoms with van der Waals surface area (Å²) in [6.07, 6.45) is 2.94. The number of rotatable bonds is 12. The summed E-state index contributed by atoms with van der Waals surface area (Å²) in [6, 6.07) is 6.18. The molecule has 3 aliphatic rings. The van der Waals surface area contributed by atoms with E-state index in [4.69, 9.17) is 30.5 Å². The maximum absolute atomic E-state index is 13.3. The van der Waals surface area contributed by atoms with Crippen LogP contribution in [0.5, 0.6) is 5.75 Å². The highest BCUT2D eigenvalue weighted by Crippen LogP contribution is 2.34. The molecule has 0 aliphatic carbocycles. The van der Waals surface area contributed by atoms with E-state index in [9.17, 15) is 9.90 Å². The molecule has 1 aromatic carbocycles. The van der Waals surface area contributed by atoms with E-state index in [2.05, 4.69) is 49.1 Å². The van der Waals surface area contributed by atoms with Gasteiger partial charge in [0.25, 0.3) is 5.91 Å². The van der Waals surface area contributed by atoms with Crippen LogP contribution in [0.4, 0.5) is 11.8 Å². The van der Waals surface area contributed by atoms with Gasteiger partial charge < -0.3 is 34.5 Å². The Bertz CT molecular complexity index is 1450. The van der Waals surface area contributed by atoms with Crippen LogP contribution in [0.15, 0.2) is 35.2 Å². The summed E-state index contributed by atoms with van der Waals surface area (Å²) in [6.45, 7) is 11.1. The van der Waals surface area contributed by atoms with E-state index in [-0.39, 0.29) is 30.8 Å². The normalized spacial score (nSPS) is 18.4. The number of piperazine rings is 1. The highest BCUT2D eigenvalue weighted by molar-refractivity contribution is 6.33. The largest absolute Gasteiger partial charge is 0.484 e. The topological polar surface area (TPSA) is 141 Å². The maximum atomic E-state index is 13.3. The zero-order chi connectivity index (χ0) is 31.3. The minimum absolute atomic E-state index is 0.100. The average molecular weight is 641 g/mol. The van der Waals surface area contributed by atoms with Crippen LogP contribution in [0.1, 0.15) is 41.2 Å². The van der Waals surface area contributed by atoms with Crippen LogP contribution < -0.4 is 20.3 Å². The second kappa shape index (κ2) is 14.3. The van der Waals surface area contributed by atoms with Crippen LogP contribution >= 0.6 is 11.6 Å². The Morgan fingerprint density at radius 3 is 2.71 bits per heavy atom. The lowest BCUT2D eigenvalue weighted by Crippen LogP contribution is -2.49. The van der Waals surface area contributed by atoms with Crippen LogP contribution in [0, 0.1) is 0 Å². The van der Waals surface area contributed by atoms with Crippen molar-refractivity contribution in [2.45, 2.75) is 51.6 Å². The third-order valence-electron chi connectivity index (χ3n) is 8.46. The highest BCUT2D eigenvalue weighted by Gasteiger charge is 2.26. The minimum atomic E-state index is -0.759. The number of carbonyl (C=O) groups is 1. The number of fused-ring (bicyclic) bond motifs is 1. The molecule has 0 saturated carbocycles. The molecule has 2 saturated heterocycles. The van der Waals surface area contributed by atoms with Gasteiger partial charge in [-0.15, -0.1) is 0 Å². The van der Waals surface area contributed by atoms with Gasteiger partial charge in [-0.1, -0.05) is 17.7 Å². The molecular formula is C31H41ClN8O5. The minimum Gasteiger partial charge on any atom is -0.484 e. The van der Waals surface area contributed by atoms with Gasteiger partial charge in [-0.05, 0) is 37.5 Å². The monoisotopic (exact) mass is 640 g/mol. The van der Waals surface area contributed by atoms with E-state index < -0.39 is 6.10 Å². The van der Waals surface area contributed by atoms with Gasteiger partial charge >= 0.3 is 0 Å². The number of benzene rings is 1. The molecule has 0 bridgehead atoms. The molecule has 3 N–H and O–H groups in total. The molecule has 242 valence electrons. The first kappa shape index (κ1) is 31.5. The maximum Gasteiger partial charge on any atom is 0.270 e. The SMILES string of the molecule is CC(C)N1CCN(c2nc(NC3COC3)cc(C(=O)NC[C@H](O)CN3CCc4c(ccc(OCc5cnco5)c4Cl)C3)n2)CC1. The van der Waals surface area contributed by atoms with Gasteiger partial charge in [-0.25, -0.2) is 9.97 Å². The number of nitrogens with one attached hydrogen (secondary N) is 2. The molecule has 3 aromatic rings. The van der Waals surface area contributed by atoms with E-state index in [1.54, 1.807) is 12.3 Å². The van der Waals surface area contributed by atoms with Crippen molar-refractivity contribution in [1.82, 2.24) is 30.1 Å². The van der Waals surface area contributed by atoms with Gasteiger partial charge in [0.15, 0.2) is 12.2 Å². The van der Waals surface area contributed by atoms with Crippen molar-refractivity contribution in [3.63, 3.8) is 0 Å². The molecule has 2 fully saturated rings. The van der Waals surface area contributed by atoms with Crippen molar-refractivity contribution < 1.29 is 23.8 Å². The second-order valence-corrected chi connectivity index (χ2v) is 12.4. The smallest absolute Gasteiger partial charge is 0.270 e. The predicted octanol–water partition coefficient (Wildman–Crippen LogP) is 2.19. The van der Waals surface area contributed by atoms with Crippen molar-refractivity contribution in [1.29, 1.82) is 0 Å². The zero-order valence-corrected chi connectivity index (χ0v) is 26.5. The zero-order valence-electron chi connectivity index (χ0n) is 25.7. The van der Waals surface area contributed by atoms with E-state index in [1.807, 2.05) is 12.1 Å². The van der Waals surface area contributed by atoms with Crippen LogP contribution in [0.2, 0.25) is 5.02 Å². The third-order valence-corrected chi connectivity index (χ3v) is 8.88. The van der Waals surface area contributed by atoms with Crippen molar-refractivity contribution in [2.75, 3.05) is 69.2 Å². The highest BCUT2D eigenvalue weighted by atomic mass is 35.5. The summed E-state index contributed by atoms with van der Waals surface area (Å²) < 4.78 is 16.4. The van der Waals surface area contributed by atoms with Crippen molar-refractivity contribution in [3.8, 4) is 5.75 Å². The predicted molar refractivity (Wildman–Crippen MR) is 169 cm³/mol. The summed E-state index contributed by atoms with van der Waals surface area (Å²) in [7, 11) is 0. The Morgan fingerprint density at radius 1 is 1.18 bits per heavy atom. The van der Waals surface area contributed by atoms with E-state index in [1.165, 1.54) is 6.39 Å². The quantitative estimate of drug-likeness (QED) is 0.267. The number of aliphatic hydroxyl groups is 1. The fraction of sp³-hybridized carbons (Fsp3) is 0.548. The van der Waals surface area contributed by atoms with Gasteiger partial charge in [0.2, 0.25) is 5.95 Å². The Morgan fingerprint density at radius 2 is 2.00 bits per heavy atom. The number of hydrogen-bond donors (Lipinski definition) is 3. The number of ether oxygens (including phenoxy) is 2. The molecule has 0 unspecified atom stereocenters. The molecule has 2 aromatic heterocycles. The van der Waals surface area contributed by atoms with Gasteiger partial charge in [-0.2, -0.15) is 4.98 Å². The number of aromatic nitrogens is 3. The number of aliphatic hydroxyl groups excluding tert-OH is 1. The fourth-order valence-electron chi connectivity index (χ4n) is 5.77. The molecule has 0 radical (unpaired) electrons. The first-order valence-electron chi connectivity index (χ1n) is 15.5. The lowest BCUT2D eigenvalue weighted by molar-refractivity contribution is 0.0209. The molecule has 0 spiro atoms. The lowest BCUT2D eigenvalue weighted by atomic mass is 9.99. The number of nitrogens with zero attached hydrogens (tertiary/aromatic N) is 6. The Kier molecular flexibility index (Phi) is 10.0. The molecule has 13 nitrogen and oxygen atoms in total. The van der Waals surface area contributed by atoms with Gasteiger partial charge in [-0.3, -0.25) is 14.6 Å². The molecule has 6 rings (SSSR count). The van der Waals surface area contributed by atoms with E-state index in [0.29, 0.717) is 60.6 Å². The van der Waals surface area contributed by atoms with E-state index in [0.717, 1.165) is 50.3 Å². The summed E-state index contributed by atoms with van der Waals surface area (Å²) in [5, 5.41) is 17.7. The lowest BCUT2D eigenvalue weighted by Gasteiger charge is -2.37. The summed E-state index contributed by atoms with van der Waals surface area (Å²) >= 11 is 6.68. The number of halogens is 1. The van der Waals surface area contributed by atoms with Gasteiger partial charge in [0, 0.05) is 64.5 Å². The number of hydrogen-bond acceptors (Lipinski definition) is 12. The first-order chi connectivity index (χ1) is 21.8. The van der Waals surface area contributed by atoms with Crippen LogP contribution in [-0.4, -0.2) is 113 Å². The molecule has 1 atom stereocenters. The average Bonchev–Trinajstić information content (AvgIpc) is 3.55. The number of anilines is 2. The molecule has 1 amide bonds. The molecule has 5 heterocycles. The van der Waals surface area contributed by atoms with Gasteiger partial charge in [0.1, 0.15) is 23.9 Å². The van der Waals surface area contributed by atoms with Gasteiger partial charge in [0.05, 0.1) is 36.6 Å². The Labute approximate surface area is 267 Å². The first-order valence-corrected chi connectivity index (χ1v) is 15.9. The number of carbonyl (C=O) groups excluding carboxylic acids is 1. The van der Waals surface area contributed by atoms with Crippen LogP contribution in [-0.2, 0) is 24.3 Å². The fourth-order valence-corrected chi connectivity index (χ4v) is 6.11. The van der Waals surface area contributed by atoms with Crippen molar-refractivity contribution in [3.05, 3.63) is 58.4 Å². The molecule has 14 heteroatoms. The number of β-amino-alcohol motifs (C(OH)–C–C–N with tert-alkyl or cyclic N) is 1. The summed E-state index contributed by atoms with van der Waals surface area (Å²) in [5.74, 6) is 2.01. The van der Waals surface area contributed by atoms with Crippen LogP contribution in [0.25, 0.3) is 0 Å². The summed E-state index contributed by atoms with van der Waals surface area (Å²) in [4.78, 5) is 33.2. The number of oxazole rings is 1. The number of amides is 1. The Hall–Kier alpha value is -3.49. The third kappa shape index (κ3) is 7.85. The van der Waals surface area contributed by atoms with Crippen molar-refractivity contribution in [2.24, 2.45) is 0 Å². The van der Waals surface area contributed by atoms with Crippen molar-refractivity contribution >= 4 is 29.3 Å². The van der Waals surface area contributed by atoms with E-state index >= 15 is 0 Å². The Balaban J connectivity index is 1.03. The standard InChI is InChI=1S/C31H41ClN8O5/c1-20(2)39-7-9-40(10-8-39)31-36-26(11-28(37-31)35-22-16-43-17-22)30(42)34-12-23(41)15-38-6-5-25-21(14-38)3-4-27(29(25)32)44-18-24-13-33-19-45-24/h3-4,11,13,19-20,22-23,41H,5-10,12,14-18H2,1-2H3,(H,34,42)(H,35,36,37)/t23-/m0/s1. The molecule has 3 aliphatic heterocycles.